The van der Waals surface area contributed by atoms with Crippen LogP contribution in [0.2, 0.25) is 0 Å². The molecule has 0 spiro atoms. The van der Waals surface area contributed by atoms with Crippen LogP contribution in [0.15, 0.2) is 0 Å². The predicted molar refractivity (Wildman–Crippen MR) is 70.5 cm³/mol. The van der Waals surface area contributed by atoms with Gasteiger partial charge in [0.1, 0.15) is 0 Å². The molecule has 2 fully saturated rings. The normalized spacial score (nSPS) is 34.1. The van der Waals surface area contributed by atoms with Crippen molar-refractivity contribution in [2.24, 2.45) is 17.8 Å². The maximum absolute atomic E-state index is 3.82. The molecule has 0 aromatic heterocycles. The first-order valence-electron chi connectivity index (χ1n) is 7.50. The van der Waals surface area contributed by atoms with Crippen molar-refractivity contribution in [3.05, 3.63) is 0 Å². The van der Waals surface area contributed by atoms with Crippen molar-refractivity contribution in [1.29, 1.82) is 0 Å². The Morgan fingerprint density at radius 1 is 1.00 bits per heavy atom. The van der Waals surface area contributed by atoms with Crippen LogP contribution in [-0.4, -0.2) is 12.6 Å². The molecule has 0 saturated heterocycles. The van der Waals surface area contributed by atoms with E-state index in [0.29, 0.717) is 0 Å². The van der Waals surface area contributed by atoms with Crippen molar-refractivity contribution in [3.8, 4) is 0 Å². The Morgan fingerprint density at radius 2 is 1.62 bits per heavy atom. The maximum Gasteiger partial charge on any atom is 0.00671 e. The monoisotopic (exact) mass is 223 g/mol. The number of hydrogen-bond acceptors (Lipinski definition) is 1. The van der Waals surface area contributed by atoms with Crippen molar-refractivity contribution >= 4 is 0 Å². The van der Waals surface area contributed by atoms with Crippen molar-refractivity contribution in [3.63, 3.8) is 0 Å². The zero-order valence-corrected chi connectivity index (χ0v) is 11.2. The van der Waals surface area contributed by atoms with E-state index in [1.54, 1.807) is 0 Å². The van der Waals surface area contributed by atoms with E-state index in [1.807, 2.05) is 0 Å². The first kappa shape index (κ1) is 12.4. The Balaban J connectivity index is 1.69. The lowest BCUT2D eigenvalue weighted by Gasteiger charge is -2.31. The number of rotatable bonds is 4. The van der Waals surface area contributed by atoms with Crippen LogP contribution in [-0.2, 0) is 0 Å². The Labute approximate surface area is 101 Å². The molecular formula is C15H29N. The fraction of sp³-hybridized carbons (Fsp3) is 1.00. The minimum Gasteiger partial charge on any atom is -0.314 e. The highest BCUT2D eigenvalue weighted by molar-refractivity contribution is 4.80. The van der Waals surface area contributed by atoms with Gasteiger partial charge in [0, 0.05) is 6.04 Å². The van der Waals surface area contributed by atoms with Crippen molar-refractivity contribution in [2.45, 2.75) is 71.3 Å². The average Bonchev–Trinajstić information content (AvgIpc) is 2.81. The summed E-state index contributed by atoms with van der Waals surface area (Å²) in [7, 11) is 0. The van der Waals surface area contributed by atoms with Gasteiger partial charge in [-0.15, -0.1) is 0 Å². The molecule has 0 aromatic carbocycles. The van der Waals surface area contributed by atoms with E-state index in [-0.39, 0.29) is 0 Å². The van der Waals surface area contributed by atoms with E-state index in [0.717, 1.165) is 23.8 Å². The van der Waals surface area contributed by atoms with E-state index in [2.05, 4.69) is 19.2 Å². The summed E-state index contributed by atoms with van der Waals surface area (Å²) in [6, 6.07) is 0.761. The number of hydrogen-bond donors (Lipinski definition) is 1. The second-order valence-electron chi connectivity index (χ2n) is 6.26. The van der Waals surface area contributed by atoms with Crippen LogP contribution in [0, 0.1) is 17.8 Å². The standard InChI is InChI=1S/C15H29N/c1-12-7-3-4-10-15(12)11-16-13(2)14-8-5-6-9-14/h12-16H,3-11H2,1-2H3. The first-order valence-corrected chi connectivity index (χ1v) is 7.50. The molecule has 1 N–H and O–H groups in total. The summed E-state index contributed by atoms with van der Waals surface area (Å²) in [5.74, 6) is 2.88. The molecule has 2 aliphatic carbocycles. The van der Waals surface area contributed by atoms with Crippen LogP contribution in [0.5, 0.6) is 0 Å². The van der Waals surface area contributed by atoms with Crippen molar-refractivity contribution in [1.82, 2.24) is 5.32 Å². The van der Waals surface area contributed by atoms with Crippen LogP contribution >= 0.6 is 0 Å². The molecule has 0 bridgehead atoms. The average molecular weight is 223 g/mol. The lowest BCUT2D eigenvalue weighted by atomic mass is 9.80. The third-order valence-electron chi connectivity index (χ3n) is 5.10. The molecule has 0 amide bonds. The molecule has 16 heavy (non-hydrogen) atoms. The van der Waals surface area contributed by atoms with Gasteiger partial charge in [0.2, 0.25) is 0 Å². The van der Waals surface area contributed by atoms with Gasteiger partial charge in [-0.05, 0) is 50.5 Å². The molecule has 0 heterocycles. The highest BCUT2D eigenvalue weighted by Gasteiger charge is 2.24. The second kappa shape index (κ2) is 6.05. The van der Waals surface area contributed by atoms with Crippen molar-refractivity contribution < 1.29 is 0 Å². The molecule has 3 atom stereocenters. The fourth-order valence-corrected chi connectivity index (χ4v) is 3.66. The summed E-state index contributed by atoms with van der Waals surface area (Å²) in [6.07, 6.45) is 11.7. The highest BCUT2D eigenvalue weighted by atomic mass is 14.9. The smallest absolute Gasteiger partial charge is 0.00671 e. The molecule has 0 aliphatic heterocycles. The summed E-state index contributed by atoms with van der Waals surface area (Å²) in [6.45, 7) is 6.13. The molecule has 0 radical (unpaired) electrons. The van der Waals surface area contributed by atoms with Crippen molar-refractivity contribution in [2.75, 3.05) is 6.54 Å². The van der Waals surface area contributed by atoms with Gasteiger partial charge < -0.3 is 5.32 Å². The molecule has 2 rings (SSSR count). The van der Waals surface area contributed by atoms with Gasteiger partial charge in [-0.3, -0.25) is 0 Å². The van der Waals surface area contributed by atoms with Crippen LogP contribution in [0.3, 0.4) is 0 Å². The quantitative estimate of drug-likeness (QED) is 0.760. The Hall–Kier alpha value is -0.0400. The molecule has 94 valence electrons. The van der Waals surface area contributed by atoms with E-state index in [4.69, 9.17) is 0 Å². The van der Waals surface area contributed by atoms with Gasteiger partial charge in [0.05, 0.1) is 0 Å². The van der Waals surface area contributed by atoms with Crippen LogP contribution in [0.25, 0.3) is 0 Å². The van der Waals surface area contributed by atoms with Gasteiger partial charge in [-0.1, -0.05) is 39.0 Å². The summed E-state index contributed by atoms with van der Waals surface area (Å²) >= 11 is 0. The summed E-state index contributed by atoms with van der Waals surface area (Å²) in [5, 5.41) is 3.82. The van der Waals surface area contributed by atoms with Gasteiger partial charge >= 0.3 is 0 Å². The van der Waals surface area contributed by atoms with E-state index >= 15 is 0 Å². The lowest BCUT2D eigenvalue weighted by Crippen LogP contribution is -2.38. The zero-order chi connectivity index (χ0) is 11.4. The maximum atomic E-state index is 3.82. The largest absolute Gasteiger partial charge is 0.314 e. The van der Waals surface area contributed by atoms with E-state index in [1.165, 1.54) is 57.9 Å². The molecule has 1 heteroatoms. The molecule has 1 nitrogen and oxygen atoms in total. The Morgan fingerprint density at radius 3 is 2.31 bits per heavy atom. The Bertz CT molecular complexity index is 196. The lowest BCUT2D eigenvalue weighted by molar-refractivity contribution is 0.232. The molecule has 2 aliphatic rings. The SMILES string of the molecule is CC1CCCCC1CNC(C)C1CCCC1. The molecule has 0 aromatic rings. The van der Waals surface area contributed by atoms with Gasteiger partial charge in [0.15, 0.2) is 0 Å². The first-order chi connectivity index (χ1) is 7.77. The zero-order valence-electron chi connectivity index (χ0n) is 11.2. The second-order valence-corrected chi connectivity index (χ2v) is 6.26. The topological polar surface area (TPSA) is 12.0 Å². The molecule has 2 saturated carbocycles. The molecular weight excluding hydrogens is 194 g/mol. The van der Waals surface area contributed by atoms with Crippen LogP contribution in [0.4, 0.5) is 0 Å². The predicted octanol–water partition coefficient (Wildman–Crippen LogP) is 3.98. The Kier molecular flexibility index (Phi) is 4.69. The van der Waals surface area contributed by atoms with E-state index in [9.17, 15) is 0 Å². The van der Waals surface area contributed by atoms with Gasteiger partial charge in [-0.2, -0.15) is 0 Å². The minimum atomic E-state index is 0.761. The number of nitrogens with one attached hydrogen (secondary N) is 1. The van der Waals surface area contributed by atoms with Crippen LogP contribution < -0.4 is 5.32 Å². The van der Waals surface area contributed by atoms with Crippen LogP contribution in [0.1, 0.15) is 65.2 Å². The van der Waals surface area contributed by atoms with E-state index < -0.39 is 0 Å². The third-order valence-corrected chi connectivity index (χ3v) is 5.10. The fourth-order valence-electron chi connectivity index (χ4n) is 3.66. The summed E-state index contributed by atoms with van der Waals surface area (Å²) < 4.78 is 0. The van der Waals surface area contributed by atoms with Gasteiger partial charge in [0.25, 0.3) is 0 Å². The summed E-state index contributed by atoms with van der Waals surface area (Å²) in [4.78, 5) is 0. The van der Waals surface area contributed by atoms with Gasteiger partial charge in [-0.25, -0.2) is 0 Å². The highest BCUT2D eigenvalue weighted by Crippen LogP contribution is 2.30. The molecule has 3 unspecified atom stereocenters. The minimum absolute atomic E-state index is 0.761. The third kappa shape index (κ3) is 3.23. The summed E-state index contributed by atoms with van der Waals surface area (Å²) in [5.41, 5.74) is 0.